The van der Waals surface area contributed by atoms with E-state index in [1.807, 2.05) is 7.05 Å². The number of nitrogens with zero attached hydrogens (tertiary/aromatic N) is 1. The topological polar surface area (TPSA) is 24.5 Å². The van der Waals surface area contributed by atoms with Crippen LogP contribution in [0.3, 0.4) is 0 Å². The standard InChI is InChI=1S/C15H32N2O/c1-14(2,8-9-16-5)6-7-15(3,4)17-10-12-18-13-11-17/h16H,6-13H2,1-5H3. The molecule has 0 radical (unpaired) electrons. The van der Waals surface area contributed by atoms with Gasteiger partial charge < -0.3 is 10.1 Å². The second-order valence-electron chi connectivity index (χ2n) is 6.93. The Labute approximate surface area is 113 Å². The average Bonchev–Trinajstić information content (AvgIpc) is 2.36. The van der Waals surface area contributed by atoms with Crippen LogP contribution < -0.4 is 5.32 Å². The second-order valence-corrected chi connectivity index (χ2v) is 6.93. The highest BCUT2D eigenvalue weighted by Crippen LogP contribution is 2.32. The first-order chi connectivity index (χ1) is 8.37. The highest BCUT2D eigenvalue weighted by molar-refractivity contribution is 4.85. The molecule has 0 aromatic carbocycles. The zero-order valence-electron chi connectivity index (χ0n) is 13.0. The van der Waals surface area contributed by atoms with Crippen molar-refractivity contribution in [1.82, 2.24) is 10.2 Å². The molecule has 1 N–H and O–H groups in total. The fourth-order valence-electron chi connectivity index (χ4n) is 2.56. The zero-order chi connectivity index (χ0) is 13.6. The summed E-state index contributed by atoms with van der Waals surface area (Å²) in [6.07, 6.45) is 3.81. The third kappa shape index (κ3) is 5.25. The van der Waals surface area contributed by atoms with Crippen molar-refractivity contribution < 1.29 is 4.74 Å². The summed E-state index contributed by atoms with van der Waals surface area (Å²) in [5.41, 5.74) is 0.743. The molecule has 0 atom stereocenters. The smallest absolute Gasteiger partial charge is 0.0594 e. The largest absolute Gasteiger partial charge is 0.379 e. The van der Waals surface area contributed by atoms with Gasteiger partial charge in [-0.2, -0.15) is 0 Å². The Morgan fingerprint density at radius 1 is 1.00 bits per heavy atom. The van der Waals surface area contributed by atoms with Crippen LogP contribution in [0.1, 0.15) is 47.0 Å². The number of rotatable bonds is 7. The van der Waals surface area contributed by atoms with Gasteiger partial charge in [0.15, 0.2) is 0 Å². The minimum Gasteiger partial charge on any atom is -0.379 e. The Morgan fingerprint density at radius 2 is 1.61 bits per heavy atom. The highest BCUT2D eigenvalue weighted by atomic mass is 16.5. The molecular formula is C15H32N2O. The van der Waals surface area contributed by atoms with Crippen molar-refractivity contribution in [3.63, 3.8) is 0 Å². The van der Waals surface area contributed by atoms with Gasteiger partial charge >= 0.3 is 0 Å². The average molecular weight is 256 g/mol. The number of ether oxygens (including phenoxy) is 1. The fraction of sp³-hybridized carbons (Fsp3) is 1.00. The molecule has 3 heteroatoms. The maximum absolute atomic E-state index is 5.44. The summed E-state index contributed by atoms with van der Waals surface area (Å²) in [6.45, 7) is 14.6. The maximum Gasteiger partial charge on any atom is 0.0594 e. The maximum atomic E-state index is 5.44. The zero-order valence-corrected chi connectivity index (χ0v) is 13.0. The molecule has 3 nitrogen and oxygen atoms in total. The predicted molar refractivity (Wildman–Crippen MR) is 78.0 cm³/mol. The molecule has 0 aromatic rings. The van der Waals surface area contributed by atoms with Gasteiger partial charge in [0.05, 0.1) is 13.2 Å². The van der Waals surface area contributed by atoms with E-state index in [0.717, 1.165) is 32.8 Å². The minimum atomic E-state index is 0.306. The van der Waals surface area contributed by atoms with Gasteiger partial charge in [0.2, 0.25) is 0 Å². The first kappa shape index (κ1) is 15.9. The molecule has 1 rings (SSSR count). The van der Waals surface area contributed by atoms with Crippen molar-refractivity contribution in [2.75, 3.05) is 39.9 Å². The molecule has 0 spiro atoms. The fourth-order valence-corrected chi connectivity index (χ4v) is 2.56. The van der Waals surface area contributed by atoms with E-state index < -0.39 is 0 Å². The Bertz CT molecular complexity index is 233. The third-order valence-electron chi connectivity index (χ3n) is 4.33. The van der Waals surface area contributed by atoms with Crippen LogP contribution in [0, 0.1) is 5.41 Å². The quantitative estimate of drug-likeness (QED) is 0.757. The van der Waals surface area contributed by atoms with E-state index in [1.165, 1.54) is 19.3 Å². The van der Waals surface area contributed by atoms with Gasteiger partial charge in [0.1, 0.15) is 0 Å². The number of hydrogen-bond acceptors (Lipinski definition) is 3. The third-order valence-corrected chi connectivity index (χ3v) is 4.33. The van der Waals surface area contributed by atoms with Crippen LogP contribution in [0.4, 0.5) is 0 Å². The van der Waals surface area contributed by atoms with Crippen LogP contribution in [0.5, 0.6) is 0 Å². The highest BCUT2D eigenvalue weighted by Gasteiger charge is 2.30. The van der Waals surface area contributed by atoms with Gasteiger partial charge in [-0.25, -0.2) is 0 Å². The van der Waals surface area contributed by atoms with E-state index in [0.29, 0.717) is 11.0 Å². The number of nitrogens with one attached hydrogen (secondary N) is 1. The molecule has 0 bridgehead atoms. The van der Waals surface area contributed by atoms with Crippen LogP contribution in [0.15, 0.2) is 0 Å². The predicted octanol–water partition coefficient (Wildman–Crippen LogP) is 2.51. The molecule has 1 aliphatic rings. The van der Waals surface area contributed by atoms with Crippen LogP contribution in [-0.4, -0.2) is 50.3 Å². The van der Waals surface area contributed by atoms with E-state index in [2.05, 4.69) is 37.9 Å². The van der Waals surface area contributed by atoms with Crippen LogP contribution >= 0.6 is 0 Å². The molecule has 0 aromatic heterocycles. The van der Waals surface area contributed by atoms with Crippen LogP contribution in [0.25, 0.3) is 0 Å². The van der Waals surface area contributed by atoms with Crippen molar-refractivity contribution in [3.05, 3.63) is 0 Å². The Morgan fingerprint density at radius 3 is 2.17 bits per heavy atom. The molecular weight excluding hydrogens is 224 g/mol. The summed E-state index contributed by atoms with van der Waals surface area (Å²) < 4.78 is 5.44. The van der Waals surface area contributed by atoms with Crippen LogP contribution in [-0.2, 0) is 4.74 Å². The molecule has 1 aliphatic heterocycles. The van der Waals surface area contributed by atoms with Gasteiger partial charge in [-0.15, -0.1) is 0 Å². The number of morpholine rings is 1. The van der Waals surface area contributed by atoms with E-state index in [4.69, 9.17) is 4.74 Å². The van der Waals surface area contributed by atoms with Crippen molar-refractivity contribution in [2.24, 2.45) is 5.41 Å². The molecule has 0 unspecified atom stereocenters. The van der Waals surface area contributed by atoms with Gasteiger partial charge in [0, 0.05) is 18.6 Å². The van der Waals surface area contributed by atoms with Crippen molar-refractivity contribution in [2.45, 2.75) is 52.5 Å². The Balaban J connectivity index is 2.39. The van der Waals surface area contributed by atoms with Gasteiger partial charge in [-0.1, -0.05) is 13.8 Å². The van der Waals surface area contributed by atoms with Gasteiger partial charge in [-0.3, -0.25) is 4.90 Å². The van der Waals surface area contributed by atoms with E-state index >= 15 is 0 Å². The summed E-state index contributed by atoms with van der Waals surface area (Å²) in [5.74, 6) is 0. The van der Waals surface area contributed by atoms with Crippen molar-refractivity contribution in [1.29, 1.82) is 0 Å². The van der Waals surface area contributed by atoms with Crippen molar-refractivity contribution in [3.8, 4) is 0 Å². The van der Waals surface area contributed by atoms with Gasteiger partial charge in [-0.05, 0) is 52.1 Å². The lowest BCUT2D eigenvalue weighted by atomic mass is 9.80. The summed E-state index contributed by atoms with van der Waals surface area (Å²) in [5, 5.41) is 3.26. The van der Waals surface area contributed by atoms with E-state index in [1.54, 1.807) is 0 Å². The SMILES string of the molecule is CNCCC(C)(C)CCC(C)(C)N1CCOCC1. The van der Waals surface area contributed by atoms with Gasteiger partial charge in [0.25, 0.3) is 0 Å². The number of hydrogen-bond donors (Lipinski definition) is 1. The lowest BCUT2D eigenvalue weighted by Crippen LogP contribution is -2.50. The first-order valence-electron chi connectivity index (χ1n) is 7.35. The molecule has 18 heavy (non-hydrogen) atoms. The molecule has 0 amide bonds. The summed E-state index contributed by atoms with van der Waals surface area (Å²) in [7, 11) is 2.04. The molecule has 108 valence electrons. The summed E-state index contributed by atoms with van der Waals surface area (Å²) >= 11 is 0. The minimum absolute atomic E-state index is 0.306. The Kier molecular flexibility index (Phi) is 6.09. The molecule has 1 fully saturated rings. The molecule has 1 heterocycles. The van der Waals surface area contributed by atoms with Crippen LogP contribution in [0.2, 0.25) is 0 Å². The monoisotopic (exact) mass is 256 g/mol. The Hall–Kier alpha value is -0.120. The van der Waals surface area contributed by atoms with E-state index in [-0.39, 0.29) is 0 Å². The summed E-state index contributed by atoms with van der Waals surface area (Å²) in [4.78, 5) is 2.59. The first-order valence-corrected chi connectivity index (χ1v) is 7.35. The normalized spacial score (nSPS) is 19.2. The van der Waals surface area contributed by atoms with Crippen molar-refractivity contribution >= 4 is 0 Å². The second kappa shape index (κ2) is 6.88. The lowest BCUT2D eigenvalue weighted by Gasteiger charge is -2.42. The lowest BCUT2D eigenvalue weighted by molar-refractivity contribution is -0.0164. The van der Waals surface area contributed by atoms with E-state index in [9.17, 15) is 0 Å². The molecule has 1 saturated heterocycles. The molecule has 0 saturated carbocycles. The molecule has 0 aliphatic carbocycles. The summed E-state index contributed by atoms with van der Waals surface area (Å²) in [6, 6.07) is 0.